The van der Waals surface area contributed by atoms with E-state index in [1.165, 1.54) is 12.5 Å². The van der Waals surface area contributed by atoms with Crippen LogP contribution in [-0.2, 0) is 0 Å². The second-order valence-electron chi connectivity index (χ2n) is 1.42. The zero-order chi connectivity index (χ0) is 7.11. The van der Waals surface area contributed by atoms with Crippen LogP contribution in [0.15, 0.2) is 22.8 Å². The molecular formula is C6H9ClN2. The zero-order valence-electron chi connectivity index (χ0n) is 5.29. The first kappa shape index (κ1) is 8.37. The van der Waals surface area contributed by atoms with E-state index >= 15 is 0 Å². The maximum absolute atomic E-state index is 5.52. The highest BCUT2D eigenvalue weighted by atomic mass is 35.5. The minimum atomic E-state index is -0.0405. The quantitative estimate of drug-likeness (QED) is 0.328. The maximum atomic E-state index is 5.52. The highest BCUT2D eigenvalue weighted by Gasteiger charge is 1.82. The van der Waals surface area contributed by atoms with Crippen LogP contribution in [0.25, 0.3) is 0 Å². The third-order valence-corrected chi connectivity index (χ3v) is 0.643. The molecule has 0 saturated carbocycles. The van der Waals surface area contributed by atoms with Gasteiger partial charge in [-0.15, -0.1) is 11.6 Å². The lowest BCUT2D eigenvalue weighted by Crippen LogP contribution is -1.89. The second-order valence-corrected chi connectivity index (χ2v) is 2.11. The molecule has 0 amide bonds. The molecule has 0 spiro atoms. The standard InChI is InChI=1S/C6H9ClN2/c1-3-8-5-9-4-6(2)7/h3-6H,1H2,2H3. The van der Waals surface area contributed by atoms with Crippen LogP contribution in [0, 0.1) is 0 Å². The Morgan fingerprint density at radius 3 is 2.67 bits per heavy atom. The van der Waals surface area contributed by atoms with Crippen LogP contribution in [0.5, 0.6) is 0 Å². The van der Waals surface area contributed by atoms with Crippen LogP contribution in [-0.4, -0.2) is 17.9 Å². The van der Waals surface area contributed by atoms with Gasteiger partial charge in [-0.1, -0.05) is 6.58 Å². The van der Waals surface area contributed by atoms with Gasteiger partial charge in [0, 0.05) is 12.4 Å². The fourth-order valence-electron chi connectivity index (χ4n) is 0.243. The Hall–Kier alpha value is -0.630. The molecule has 0 saturated heterocycles. The van der Waals surface area contributed by atoms with Gasteiger partial charge in [0.1, 0.15) is 6.34 Å². The van der Waals surface area contributed by atoms with Gasteiger partial charge in [0.2, 0.25) is 0 Å². The monoisotopic (exact) mass is 144 g/mol. The van der Waals surface area contributed by atoms with Crippen molar-refractivity contribution in [3.8, 4) is 0 Å². The molecule has 1 atom stereocenters. The largest absolute Gasteiger partial charge is 0.248 e. The third kappa shape index (κ3) is 7.37. The summed E-state index contributed by atoms with van der Waals surface area (Å²) >= 11 is 5.52. The number of rotatable bonds is 3. The van der Waals surface area contributed by atoms with Gasteiger partial charge in [-0.25, -0.2) is 9.98 Å². The van der Waals surface area contributed by atoms with E-state index in [1.807, 2.05) is 6.92 Å². The van der Waals surface area contributed by atoms with E-state index in [0.29, 0.717) is 0 Å². The molecule has 0 heterocycles. The highest BCUT2D eigenvalue weighted by Crippen LogP contribution is 1.85. The number of aliphatic imine (C=N–C) groups is 2. The van der Waals surface area contributed by atoms with Gasteiger partial charge in [0.25, 0.3) is 0 Å². The molecular weight excluding hydrogens is 136 g/mol. The van der Waals surface area contributed by atoms with E-state index in [9.17, 15) is 0 Å². The van der Waals surface area contributed by atoms with E-state index in [0.717, 1.165) is 0 Å². The van der Waals surface area contributed by atoms with Crippen LogP contribution in [0.4, 0.5) is 0 Å². The summed E-state index contributed by atoms with van der Waals surface area (Å²) in [5.41, 5.74) is 0. The Morgan fingerprint density at radius 2 is 2.22 bits per heavy atom. The molecule has 0 aliphatic heterocycles. The van der Waals surface area contributed by atoms with E-state index in [2.05, 4.69) is 16.6 Å². The first-order chi connectivity index (χ1) is 4.27. The smallest absolute Gasteiger partial charge is 0.114 e. The van der Waals surface area contributed by atoms with Crippen LogP contribution in [0.2, 0.25) is 0 Å². The highest BCUT2D eigenvalue weighted by molar-refractivity contribution is 6.28. The normalized spacial score (nSPS) is 14.9. The lowest BCUT2D eigenvalue weighted by molar-refractivity contribution is 1.33. The Bertz CT molecular complexity index is 127. The summed E-state index contributed by atoms with van der Waals surface area (Å²) in [5, 5.41) is -0.0405. The van der Waals surface area contributed by atoms with Gasteiger partial charge in [-0.2, -0.15) is 0 Å². The van der Waals surface area contributed by atoms with Gasteiger partial charge in [-0.05, 0) is 6.92 Å². The molecule has 0 rings (SSSR count). The summed E-state index contributed by atoms with van der Waals surface area (Å²) in [6, 6.07) is 0. The number of halogens is 1. The Labute approximate surface area is 60.0 Å². The molecule has 0 fully saturated rings. The van der Waals surface area contributed by atoms with Crippen molar-refractivity contribution in [2.24, 2.45) is 9.98 Å². The van der Waals surface area contributed by atoms with Crippen molar-refractivity contribution < 1.29 is 0 Å². The van der Waals surface area contributed by atoms with Crippen LogP contribution in [0.3, 0.4) is 0 Å². The Balaban J connectivity index is 3.46. The summed E-state index contributed by atoms with van der Waals surface area (Å²) in [7, 11) is 0. The number of hydrogen-bond acceptors (Lipinski definition) is 1. The lowest BCUT2D eigenvalue weighted by Gasteiger charge is -1.84. The van der Waals surface area contributed by atoms with Gasteiger partial charge in [0.15, 0.2) is 0 Å². The van der Waals surface area contributed by atoms with Crippen molar-refractivity contribution in [1.82, 2.24) is 0 Å². The predicted octanol–water partition coefficient (Wildman–Crippen LogP) is 1.86. The van der Waals surface area contributed by atoms with E-state index < -0.39 is 0 Å². The maximum Gasteiger partial charge on any atom is 0.114 e. The summed E-state index contributed by atoms with van der Waals surface area (Å²) < 4.78 is 0. The second kappa shape index (κ2) is 5.51. The van der Waals surface area contributed by atoms with Gasteiger partial charge < -0.3 is 0 Å². The van der Waals surface area contributed by atoms with Crippen molar-refractivity contribution in [2.45, 2.75) is 12.3 Å². The fourth-order valence-corrected chi connectivity index (χ4v) is 0.308. The average Bonchev–Trinajstić information content (AvgIpc) is 1.80. The van der Waals surface area contributed by atoms with Crippen molar-refractivity contribution in [3.63, 3.8) is 0 Å². The summed E-state index contributed by atoms with van der Waals surface area (Å²) in [6.07, 6.45) is 4.40. The predicted molar refractivity (Wildman–Crippen MR) is 42.5 cm³/mol. The lowest BCUT2D eigenvalue weighted by atomic mass is 10.5. The molecule has 0 aromatic carbocycles. The SMILES string of the molecule is C=CN=CN=CC(C)Cl. The first-order valence-electron chi connectivity index (χ1n) is 2.57. The molecule has 0 aromatic rings. The molecule has 0 aliphatic carbocycles. The molecule has 0 aliphatic rings. The molecule has 2 nitrogen and oxygen atoms in total. The minimum Gasteiger partial charge on any atom is -0.248 e. The Kier molecular flexibility index (Phi) is 5.12. The Morgan fingerprint density at radius 1 is 1.56 bits per heavy atom. The molecule has 50 valence electrons. The summed E-state index contributed by atoms with van der Waals surface area (Å²) in [4.78, 5) is 7.37. The average molecular weight is 145 g/mol. The van der Waals surface area contributed by atoms with Crippen molar-refractivity contribution in [2.75, 3.05) is 0 Å². The van der Waals surface area contributed by atoms with Crippen LogP contribution >= 0.6 is 11.6 Å². The molecule has 9 heavy (non-hydrogen) atoms. The summed E-state index contributed by atoms with van der Waals surface area (Å²) in [6.45, 7) is 5.20. The topological polar surface area (TPSA) is 24.7 Å². The first-order valence-corrected chi connectivity index (χ1v) is 3.01. The van der Waals surface area contributed by atoms with Crippen LogP contribution < -0.4 is 0 Å². The number of nitrogens with zero attached hydrogens (tertiary/aromatic N) is 2. The van der Waals surface area contributed by atoms with Gasteiger partial charge >= 0.3 is 0 Å². The minimum absolute atomic E-state index is 0.0405. The molecule has 0 bridgehead atoms. The van der Waals surface area contributed by atoms with E-state index in [-0.39, 0.29) is 5.38 Å². The van der Waals surface area contributed by atoms with Crippen molar-refractivity contribution in [1.29, 1.82) is 0 Å². The summed E-state index contributed by atoms with van der Waals surface area (Å²) in [5.74, 6) is 0. The van der Waals surface area contributed by atoms with E-state index in [1.54, 1.807) is 6.21 Å². The molecule has 0 N–H and O–H groups in total. The molecule has 0 radical (unpaired) electrons. The van der Waals surface area contributed by atoms with Crippen molar-refractivity contribution in [3.05, 3.63) is 12.8 Å². The molecule has 0 aromatic heterocycles. The molecule has 3 heteroatoms. The van der Waals surface area contributed by atoms with Gasteiger partial charge in [0.05, 0.1) is 5.38 Å². The fraction of sp³-hybridized carbons (Fsp3) is 0.333. The number of hydrogen-bond donors (Lipinski definition) is 0. The van der Waals surface area contributed by atoms with Gasteiger partial charge in [-0.3, -0.25) is 0 Å². The van der Waals surface area contributed by atoms with Crippen LogP contribution in [0.1, 0.15) is 6.92 Å². The van der Waals surface area contributed by atoms with E-state index in [4.69, 9.17) is 11.6 Å². The van der Waals surface area contributed by atoms with Crippen molar-refractivity contribution >= 4 is 24.2 Å². The third-order valence-electron chi connectivity index (χ3n) is 0.530. The zero-order valence-corrected chi connectivity index (χ0v) is 6.04. The molecule has 1 unspecified atom stereocenters. The number of alkyl halides is 1.